The van der Waals surface area contributed by atoms with Gasteiger partial charge in [-0.15, -0.1) is 0 Å². The summed E-state index contributed by atoms with van der Waals surface area (Å²) in [5.74, 6) is -0.181. The van der Waals surface area contributed by atoms with Gasteiger partial charge in [-0.1, -0.05) is 18.2 Å². The summed E-state index contributed by atoms with van der Waals surface area (Å²) in [6, 6.07) is 13.4. The van der Waals surface area contributed by atoms with E-state index in [0.717, 1.165) is 16.5 Å². The molecule has 0 spiro atoms. The Hall–Kier alpha value is -3.54. The first-order valence-electron chi connectivity index (χ1n) is 7.87. The van der Waals surface area contributed by atoms with Crippen LogP contribution in [0.4, 0.5) is 0 Å². The first-order chi connectivity index (χ1) is 12.3. The second kappa shape index (κ2) is 6.52. The Morgan fingerprint density at radius 2 is 1.92 bits per heavy atom. The fourth-order valence-corrected chi connectivity index (χ4v) is 2.70. The molecule has 25 heavy (non-hydrogen) atoms. The Morgan fingerprint density at radius 1 is 1.04 bits per heavy atom. The zero-order chi connectivity index (χ0) is 17.1. The molecule has 2 N–H and O–H groups in total. The average molecular weight is 329 g/mol. The fourth-order valence-electron chi connectivity index (χ4n) is 2.70. The van der Waals surface area contributed by atoms with E-state index in [2.05, 4.69) is 25.3 Å². The van der Waals surface area contributed by atoms with Crippen molar-refractivity contribution >= 4 is 16.8 Å². The number of nitrogens with zero attached hydrogens (tertiary/aromatic N) is 3. The number of aromatic amines is 1. The van der Waals surface area contributed by atoms with Crippen LogP contribution in [0.1, 0.15) is 16.2 Å². The molecule has 1 amide bonds. The molecule has 3 heterocycles. The molecule has 6 heteroatoms. The third kappa shape index (κ3) is 3.10. The minimum Gasteiger partial charge on any atom is -0.351 e. The van der Waals surface area contributed by atoms with Crippen molar-refractivity contribution < 1.29 is 4.79 Å². The van der Waals surface area contributed by atoms with Gasteiger partial charge in [-0.2, -0.15) is 0 Å². The molecule has 122 valence electrons. The molecule has 0 aliphatic rings. The molecule has 4 aromatic rings. The maximum absolute atomic E-state index is 12.4. The molecule has 3 aromatic heterocycles. The van der Waals surface area contributed by atoms with Gasteiger partial charge in [0.2, 0.25) is 0 Å². The molecule has 1 aromatic carbocycles. The number of para-hydroxylation sites is 1. The quantitative estimate of drug-likeness (QED) is 0.603. The van der Waals surface area contributed by atoms with E-state index in [1.807, 2.05) is 42.5 Å². The third-order valence-electron chi connectivity index (χ3n) is 3.90. The van der Waals surface area contributed by atoms with Gasteiger partial charge >= 0.3 is 0 Å². The summed E-state index contributed by atoms with van der Waals surface area (Å²) in [5.41, 5.74) is 3.73. The largest absolute Gasteiger partial charge is 0.351 e. The molecular weight excluding hydrogens is 314 g/mol. The van der Waals surface area contributed by atoms with Crippen LogP contribution in [-0.4, -0.2) is 25.8 Å². The number of rotatable bonds is 4. The molecule has 4 rings (SSSR count). The Balaban J connectivity index is 1.54. The SMILES string of the molecule is O=C(NCc1nccnc1-c1cccnc1)c1cc2ccccc2[nH]1. The number of hydrogen-bond acceptors (Lipinski definition) is 4. The maximum Gasteiger partial charge on any atom is 0.268 e. The van der Waals surface area contributed by atoms with Gasteiger partial charge in [-0.3, -0.25) is 19.7 Å². The number of carbonyl (C=O) groups excluding carboxylic acids is 1. The molecule has 0 bridgehead atoms. The summed E-state index contributed by atoms with van der Waals surface area (Å²) in [5, 5.41) is 3.90. The summed E-state index contributed by atoms with van der Waals surface area (Å²) in [6.07, 6.45) is 6.68. The van der Waals surface area contributed by atoms with Gasteiger partial charge in [-0.25, -0.2) is 0 Å². The van der Waals surface area contributed by atoms with Crippen LogP contribution in [0.2, 0.25) is 0 Å². The second-order valence-corrected chi connectivity index (χ2v) is 5.55. The van der Waals surface area contributed by atoms with E-state index in [-0.39, 0.29) is 12.5 Å². The van der Waals surface area contributed by atoms with E-state index >= 15 is 0 Å². The Kier molecular flexibility index (Phi) is 3.92. The number of nitrogens with one attached hydrogen (secondary N) is 2. The van der Waals surface area contributed by atoms with E-state index in [9.17, 15) is 4.79 Å². The summed E-state index contributed by atoms with van der Waals surface area (Å²) in [6.45, 7) is 0.284. The van der Waals surface area contributed by atoms with Crippen LogP contribution in [0.15, 0.2) is 67.3 Å². The van der Waals surface area contributed by atoms with Gasteiger partial charge in [0.1, 0.15) is 5.69 Å². The van der Waals surface area contributed by atoms with Crippen LogP contribution in [0.3, 0.4) is 0 Å². The van der Waals surface area contributed by atoms with Gasteiger partial charge in [0.05, 0.1) is 17.9 Å². The zero-order valence-electron chi connectivity index (χ0n) is 13.3. The van der Waals surface area contributed by atoms with Gasteiger partial charge in [0.25, 0.3) is 5.91 Å². The van der Waals surface area contributed by atoms with Crippen LogP contribution < -0.4 is 5.32 Å². The number of pyridine rings is 1. The molecular formula is C19H15N5O. The first-order valence-corrected chi connectivity index (χ1v) is 7.87. The van der Waals surface area contributed by atoms with Crippen molar-refractivity contribution in [1.82, 2.24) is 25.3 Å². The van der Waals surface area contributed by atoms with E-state index in [1.165, 1.54) is 0 Å². The van der Waals surface area contributed by atoms with Crippen molar-refractivity contribution in [3.8, 4) is 11.3 Å². The van der Waals surface area contributed by atoms with Crippen LogP contribution >= 0.6 is 0 Å². The van der Waals surface area contributed by atoms with E-state index < -0.39 is 0 Å². The molecule has 0 aliphatic carbocycles. The number of amides is 1. The molecule has 0 fully saturated rings. The molecule has 0 aliphatic heterocycles. The summed E-state index contributed by atoms with van der Waals surface area (Å²) < 4.78 is 0. The molecule has 0 saturated heterocycles. The average Bonchev–Trinajstić information content (AvgIpc) is 3.11. The van der Waals surface area contributed by atoms with E-state index in [4.69, 9.17) is 0 Å². The first kappa shape index (κ1) is 15.0. The van der Waals surface area contributed by atoms with Crippen LogP contribution in [-0.2, 0) is 6.54 Å². The highest BCUT2D eigenvalue weighted by atomic mass is 16.1. The van der Waals surface area contributed by atoms with E-state index in [0.29, 0.717) is 17.1 Å². The topological polar surface area (TPSA) is 83.6 Å². The van der Waals surface area contributed by atoms with E-state index in [1.54, 1.807) is 24.8 Å². The third-order valence-corrected chi connectivity index (χ3v) is 3.90. The standard InChI is InChI=1S/C19H15N5O/c25-19(16-10-13-4-1-2-6-15(13)24-16)23-12-17-18(22-9-8-21-17)14-5-3-7-20-11-14/h1-11,24H,12H2,(H,23,25). The highest BCUT2D eigenvalue weighted by Crippen LogP contribution is 2.18. The maximum atomic E-state index is 12.4. The van der Waals surface area contributed by atoms with Crippen LogP contribution in [0.25, 0.3) is 22.2 Å². The Bertz CT molecular complexity index is 993. The number of fused-ring (bicyclic) bond motifs is 1. The van der Waals surface area contributed by atoms with Crippen molar-refractivity contribution in [2.45, 2.75) is 6.54 Å². The minimum absolute atomic E-state index is 0.181. The molecule has 0 unspecified atom stereocenters. The lowest BCUT2D eigenvalue weighted by Crippen LogP contribution is -2.24. The fraction of sp³-hybridized carbons (Fsp3) is 0.0526. The lowest BCUT2D eigenvalue weighted by atomic mass is 10.1. The predicted octanol–water partition coefficient (Wildman–Crippen LogP) is 2.95. The van der Waals surface area contributed by atoms with Gasteiger partial charge in [0.15, 0.2) is 0 Å². The molecule has 0 radical (unpaired) electrons. The number of hydrogen-bond donors (Lipinski definition) is 2. The summed E-state index contributed by atoms with van der Waals surface area (Å²) in [4.78, 5) is 28.4. The van der Waals surface area contributed by atoms with Crippen LogP contribution in [0, 0.1) is 0 Å². The highest BCUT2D eigenvalue weighted by Gasteiger charge is 2.12. The zero-order valence-corrected chi connectivity index (χ0v) is 13.3. The van der Waals surface area contributed by atoms with Crippen LogP contribution in [0.5, 0.6) is 0 Å². The Morgan fingerprint density at radius 3 is 2.76 bits per heavy atom. The number of aromatic nitrogens is 4. The van der Waals surface area contributed by atoms with Crippen molar-refractivity contribution in [2.24, 2.45) is 0 Å². The van der Waals surface area contributed by atoms with Crippen molar-refractivity contribution in [3.05, 3.63) is 78.6 Å². The lowest BCUT2D eigenvalue weighted by molar-refractivity contribution is 0.0946. The van der Waals surface area contributed by atoms with Gasteiger partial charge in [-0.05, 0) is 24.3 Å². The minimum atomic E-state index is -0.181. The lowest BCUT2D eigenvalue weighted by Gasteiger charge is -2.08. The van der Waals surface area contributed by atoms with Gasteiger partial charge < -0.3 is 10.3 Å². The molecule has 6 nitrogen and oxygen atoms in total. The number of benzene rings is 1. The highest BCUT2D eigenvalue weighted by molar-refractivity contribution is 5.97. The van der Waals surface area contributed by atoms with Crippen molar-refractivity contribution in [1.29, 1.82) is 0 Å². The summed E-state index contributed by atoms with van der Waals surface area (Å²) in [7, 11) is 0. The van der Waals surface area contributed by atoms with Gasteiger partial charge in [0, 0.05) is 41.3 Å². The molecule has 0 saturated carbocycles. The second-order valence-electron chi connectivity index (χ2n) is 5.55. The number of H-pyrrole nitrogens is 1. The van der Waals surface area contributed by atoms with Crippen molar-refractivity contribution in [3.63, 3.8) is 0 Å². The Labute approximate surface area is 144 Å². The normalized spacial score (nSPS) is 10.7. The molecule has 0 atom stereocenters. The monoisotopic (exact) mass is 329 g/mol. The number of carbonyl (C=O) groups is 1. The summed E-state index contributed by atoms with van der Waals surface area (Å²) >= 11 is 0. The smallest absolute Gasteiger partial charge is 0.268 e. The predicted molar refractivity (Wildman–Crippen MR) is 94.7 cm³/mol. The van der Waals surface area contributed by atoms with Crippen molar-refractivity contribution in [2.75, 3.05) is 0 Å².